The predicted octanol–water partition coefficient (Wildman–Crippen LogP) is 10.9. The summed E-state index contributed by atoms with van der Waals surface area (Å²) in [5.74, 6) is 0. The Morgan fingerprint density at radius 2 is 1.34 bits per heavy atom. The SMILES string of the molecule is C=Cc1[nH]c2c(c1/C=C\C)c1c(c3c4ccc(-c5ccc6c(c5)[nH]c5c7[nH]c8ccccc8c7c(CNC)c(C=C)c65)cc4[nH]c23)CNC1=C. The van der Waals surface area contributed by atoms with Crippen LogP contribution >= 0.6 is 0 Å². The lowest BCUT2D eigenvalue weighted by molar-refractivity contribution is 0.824. The molecule has 5 aromatic carbocycles. The van der Waals surface area contributed by atoms with Gasteiger partial charge in [-0.05, 0) is 66.1 Å². The van der Waals surface area contributed by atoms with E-state index in [4.69, 9.17) is 0 Å². The molecule has 9 aromatic rings. The van der Waals surface area contributed by atoms with Crippen molar-refractivity contribution >= 4 is 100 Å². The van der Waals surface area contributed by atoms with Crippen molar-refractivity contribution in [1.82, 2.24) is 30.6 Å². The number of allylic oxidation sites excluding steroid dienone is 1. The third-order valence-electron chi connectivity index (χ3n) is 10.8. The van der Waals surface area contributed by atoms with Crippen LogP contribution in [0.3, 0.4) is 0 Å². The Hall–Kier alpha value is -6.24. The largest absolute Gasteiger partial charge is 0.381 e. The van der Waals surface area contributed by atoms with Gasteiger partial charge in [-0.1, -0.05) is 80.4 Å². The second-order valence-electron chi connectivity index (χ2n) is 13.4. The maximum atomic E-state index is 4.40. The highest BCUT2D eigenvalue weighted by Crippen LogP contribution is 2.45. The second-order valence-corrected chi connectivity index (χ2v) is 13.4. The van der Waals surface area contributed by atoms with Crippen molar-refractivity contribution in [2.45, 2.75) is 20.0 Å². The summed E-state index contributed by atoms with van der Waals surface area (Å²) in [6.07, 6.45) is 8.17. The molecule has 0 atom stereocenters. The number of nitrogens with one attached hydrogen (secondary N) is 6. The van der Waals surface area contributed by atoms with Crippen LogP contribution in [0.5, 0.6) is 0 Å². The van der Waals surface area contributed by atoms with E-state index in [0.29, 0.717) is 0 Å². The number of hydrogen-bond acceptors (Lipinski definition) is 2. The lowest BCUT2D eigenvalue weighted by Gasteiger charge is -2.11. The molecule has 0 radical (unpaired) electrons. The summed E-state index contributed by atoms with van der Waals surface area (Å²) in [6, 6.07) is 22.1. The van der Waals surface area contributed by atoms with Crippen LogP contribution in [0.1, 0.15) is 40.4 Å². The molecule has 6 heteroatoms. The fourth-order valence-electron chi connectivity index (χ4n) is 8.79. The standard InChI is InChI=1S/C44H36N6/c1-6-11-26-32(8-3)47-44-40(26)36-22(4)46-21-31(36)39-29-17-15-24(19-35(29)50-43(39)44)23-14-16-28-34(18-23)49-41-37(28)25(7-2)30(20-45-5)38-27-12-9-10-13-33(27)48-42(38)41/h6-19,45-50H,2-4,20-21H2,1,5H3/b11-6-. The Bertz CT molecular complexity index is 3010. The van der Waals surface area contributed by atoms with Crippen molar-refractivity contribution in [1.29, 1.82) is 0 Å². The van der Waals surface area contributed by atoms with E-state index in [1.54, 1.807) is 0 Å². The van der Waals surface area contributed by atoms with Gasteiger partial charge < -0.3 is 30.6 Å². The number of para-hydroxylation sites is 1. The topological polar surface area (TPSA) is 87.2 Å². The number of fused-ring (bicyclic) bond motifs is 15. The molecule has 4 aromatic heterocycles. The normalized spacial score (nSPS) is 13.4. The quantitative estimate of drug-likeness (QED) is 0.108. The number of aromatic nitrogens is 4. The predicted molar refractivity (Wildman–Crippen MR) is 215 cm³/mol. The average molecular weight is 649 g/mol. The van der Waals surface area contributed by atoms with E-state index in [2.05, 4.69) is 130 Å². The summed E-state index contributed by atoms with van der Waals surface area (Å²) in [5.41, 5.74) is 18.1. The smallest absolute Gasteiger partial charge is 0.0717 e. The molecule has 0 fully saturated rings. The molecule has 0 bridgehead atoms. The summed E-state index contributed by atoms with van der Waals surface area (Å²) < 4.78 is 0. The van der Waals surface area contributed by atoms with Crippen molar-refractivity contribution < 1.29 is 0 Å². The molecule has 0 saturated carbocycles. The maximum absolute atomic E-state index is 4.40. The summed E-state index contributed by atoms with van der Waals surface area (Å²) >= 11 is 0. The first-order valence-electron chi connectivity index (χ1n) is 17.2. The molecule has 0 unspecified atom stereocenters. The Balaban J connectivity index is 1.20. The molecule has 6 N–H and O–H groups in total. The zero-order valence-corrected chi connectivity index (χ0v) is 28.1. The van der Waals surface area contributed by atoms with Crippen LogP contribution in [0.15, 0.2) is 86.5 Å². The number of aromatic amines is 4. The van der Waals surface area contributed by atoms with E-state index in [0.717, 1.165) is 79.8 Å². The Morgan fingerprint density at radius 3 is 2.04 bits per heavy atom. The molecule has 1 aliphatic rings. The van der Waals surface area contributed by atoms with Gasteiger partial charge in [0, 0.05) is 89.9 Å². The van der Waals surface area contributed by atoms with E-state index in [-0.39, 0.29) is 0 Å². The first-order chi connectivity index (χ1) is 24.5. The number of benzene rings is 5. The highest BCUT2D eigenvalue weighted by molar-refractivity contribution is 6.26. The Kier molecular flexibility index (Phi) is 5.97. The van der Waals surface area contributed by atoms with Gasteiger partial charge in [0.15, 0.2) is 0 Å². The van der Waals surface area contributed by atoms with Crippen LogP contribution in [0, 0.1) is 0 Å². The van der Waals surface area contributed by atoms with Gasteiger partial charge in [-0.3, -0.25) is 0 Å². The molecule has 0 spiro atoms. The zero-order valence-electron chi connectivity index (χ0n) is 28.1. The first kappa shape index (κ1) is 28.7. The lowest BCUT2D eigenvalue weighted by Crippen LogP contribution is -2.07. The van der Waals surface area contributed by atoms with E-state index in [1.165, 1.54) is 60.0 Å². The molecule has 0 saturated heterocycles. The van der Waals surface area contributed by atoms with Crippen molar-refractivity contribution in [3.8, 4) is 11.1 Å². The summed E-state index contributed by atoms with van der Waals surface area (Å²) in [4.78, 5) is 15.1. The van der Waals surface area contributed by atoms with Crippen molar-refractivity contribution in [3.63, 3.8) is 0 Å². The van der Waals surface area contributed by atoms with E-state index in [9.17, 15) is 0 Å². The number of hydrogen-bond donors (Lipinski definition) is 6. The zero-order chi connectivity index (χ0) is 33.8. The summed E-state index contributed by atoms with van der Waals surface area (Å²) in [5, 5.41) is 15.4. The minimum absolute atomic E-state index is 0.749. The molecule has 242 valence electrons. The van der Waals surface area contributed by atoms with Crippen LogP contribution in [0.25, 0.3) is 111 Å². The lowest BCUT2D eigenvalue weighted by atomic mass is 9.94. The second kappa shape index (κ2) is 10.4. The van der Waals surface area contributed by atoms with Crippen LogP contribution in [-0.4, -0.2) is 27.0 Å². The van der Waals surface area contributed by atoms with Gasteiger partial charge in [0.2, 0.25) is 0 Å². The van der Waals surface area contributed by atoms with E-state index in [1.807, 2.05) is 19.2 Å². The molecular weight excluding hydrogens is 613 g/mol. The highest BCUT2D eigenvalue weighted by atomic mass is 14.9. The molecule has 0 aliphatic carbocycles. The van der Waals surface area contributed by atoms with Gasteiger partial charge in [-0.25, -0.2) is 0 Å². The van der Waals surface area contributed by atoms with Gasteiger partial charge in [0.25, 0.3) is 0 Å². The Labute approximate surface area is 288 Å². The molecular formula is C44H36N6. The van der Waals surface area contributed by atoms with Gasteiger partial charge >= 0.3 is 0 Å². The molecule has 50 heavy (non-hydrogen) atoms. The third-order valence-corrected chi connectivity index (χ3v) is 10.8. The fourth-order valence-corrected chi connectivity index (χ4v) is 8.79. The monoisotopic (exact) mass is 648 g/mol. The molecule has 6 nitrogen and oxygen atoms in total. The van der Waals surface area contributed by atoms with Crippen molar-refractivity contribution in [3.05, 3.63) is 120 Å². The summed E-state index contributed by atoms with van der Waals surface area (Å²) in [7, 11) is 2.00. The van der Waals surface area contributed by atoms with Crippen molar-refractivity contribution in [2.75, 3.05) is 7.05 Å². The van der Waals surface area contributed by atoms with Gasteiger partial charge in [-0.15, -0.1) is 0 Å². The molecule has 10 rings (SSSR count). The average Bonchev–Trinajstić information content (AvgIpc) is 3.95. The van der Waals surface area contributed by atoms with Gasteiger partial charge in [0.1, 0.15) is 0 Å². The summed E-state index contributed by atoms with van der Waals surface area (Å²) in [6.45, 7) is 16.3. The van der Waals surface area contributed by atoms with Crippen molar-refractivity contribution in [2.24, 2.45) is 0 Å². The van der Waals surface area contributed by atoms with Crippen LogP contribution in [0.4, 0.5) is 0 Å². The van der Waals surface area contributed by atoms with Crippen LogP contribution < -0.4 is 10.6 Å². The van der Waals surface area contributed by atoms with Gasteiger partial charge in [0.05, 0.1) is 22.1 Å². The maximum Gasteiger partial charge on any atom is 0.0717 e. The van der Waals surface area contributed by atoms with E-state index >= 15 is 0 Å². The minimum Gasteiger partial charge on any atom is -0.381 e. The third kappa shape index (κ3) is 3.66. The fraction of sp³-hybridized carbons (Fsp3) is 0.0909. The minimum atomic E-state index is 0.749. The van der Waals surface area contributed by atoms with Crippen LogP contribution in [0.2, 0.25) is 0 Å². The molecule has 0 amide bonds. The highest BCUT2D eigenvalue weighted by Gasteiger charge is 2.27. The van der Waals surface area contributed by atoms with E-state index < -0.39 is 0 Å². The Morgan fingerprint density at radius 1 is 0.700 bits per heavy atom. The van der Waals surface area contributed by atoms with Crippen LogP contribution in [-0.2, 0) is 13.1 Å². The number of rotatable bonds is 6. The first-order valence-corrected chi connectivity index (χ1v) is 17.2. The van der Waals surface area contributed by atoms with Gasteiger partial charge in [-0.2, -0.15) is 0 Å². The molecule has 1 aliphatic heterocycles. The molecule has 5 heterocycles. The number of H-pyrrole nitrogens is 4.